The summed E-state index contributed by atoms with van der Waals surface area (Å²) in [5.74, 6) is 0.206. The molecule has 0 spiro atoms. The van der Waals surface area contributed by atoms with E-state index in [0.29, 0.717) is 5.56 Å². The highest BCUT2D eigenvalue weighted by molar-refractivity contribution is 6.02. The predicted octanol–water partition coefficient (Wildman–Crippen LogP) is 2.20. The summed E-state index contributed by atoms with van der Waals surface area (Å²) in [5, 5.41) is 13.8. The molecule has 0 fully saturated rings. The van der Waals surface area contributed by atoms with Crippen LogP contribution in [-0.2, 0) is 0 Å². The number of benzene rings is 3. The number of phenolic OH excluding ortho intramolecular Hbond substituents is 1. The lowest BCUT2D eigenvalue weighted by atomic mass is 10.0. The van der Waals surface area contributed by atoms with Crippen LogP contribution in [0.3, 0.4) is 0 Å². The minimum Gasteiger partial charge on any atom is -0.507 e. The van der Waals surface area contributed by atoms with Crippen LogP contribution >= 0.6 is 0 Å². The molecule has 4 heteroatoms. The van der Waals surface area contributed by atoms with Crippen LogP contribution in [0.25, 0.3) is 10.8 Å². The Labute approximate surface area is 126 Å². The molecule has 3 aromatic rings. The molecule has 0 unspecified atom stereocenters. The lowest BCUT2D eigenvalue weighted by Crippen LogP contribution is -2.19. The summed E-state index contributed by atoms with van der Waals surface area (Å²) in [7, 11) is 0. The molecule has 0 aromatic heterocycles. The zero-order chi connectivity index (χ0) is 14.9. The summed E-state index contributed by atoms with van der Waals surface area (Å²) in [4.78, 5) is 13.3. The van der Waals surface area contributed by atoms with Crippen LogP contribution in [0.4, 0.5) is 0 Å². The first-order valence-electron chi connectivity index (χ1n) is 7.06. The van der Waals surface area contributed by atoms with Crippen molar-refractivity contribution in [2.45, 2.75) is 6.29 Å². The zero-order valence-corrected chi connectivity index (χ0v) is 11.7. The number of fused-ring (bicyclic) bond motifs is 2. The fourth-order valence-corrected chi connectivity index (χ4v) is 2.59. The predicted molar refractivity (Wildman–Crippen MR) is 85.7 cm³/mol. The average molecular weight is 287 g/mol. The van der Waals surface area contributed by atoms with E-state index < -0.39 is 6.29 Å². The van der Waals surface area contributed by atoms with Gasteiger partial charge in [0.25, 0.3) is 0 Å². The first kappa shape index (κ1) is 12.7. The van der Waals surface area contributed by atoms with E-state index >= 15 is 0 Å². The van der Waals surface area contributed by atoms with Crippen molar-refractivity contribution in [1.29, 1.82) is 0 Å². The van der Waals surface area contributed by atoms with E-state index in [0.717, 1.165) is 21.5 Å². The van der Waals surface area contributed by atoms with Gasteiger partial charge >= 0.3 is 0 Å². The molecule has 1 aliphatic heterocycles. The summed E-state index contributed by atoms with van der Waals surface area (Å²) in [6.45, 7) is 0. The SMILES string of the molecule is Oc1ccc2ccccc2c1C=NC1N=c2ccccc2=N1. The van der Waals surface area contributed by atoms with Gasteiger partial charge in [0.1, 0.15) is 5.75 Å². The van der Waals surface area contributed by atoms with Crippen LogP contribution in [0.2, 0.25) is 0 Å². The van der Waals surface area contributed by atoms with Crippen LogP contribution in [0, 0.1) is 0 Å². The summed E-state index contributed by atoms with van der Waals surface area (Å²) < 4.78 is 0. The van der Waals surface area contributed by atoms with Crippen LogP contribution in [0.1, 0.15) is 5.56 Å². The fourth-order valence-electron chi connectivity index (χ4n) is 2.59. The molecule has 0 amide bonds. The third-order valence-electron chi connectivity index (χ3n) is 3.68. The monoisotopic (exact) mass is 287 g/mol. The Hall–Kier alpha value is -3.01. The van der Waals surface area contributed by atoms with Crippen molar-refractivity contribution in [2.24, 2.45) is 15.0 Å². The van der Waals surface area contributed by atoms with Crippen molar-refractivity contribution in [1.82, 2.24) is 0 Å². The smallest absolute Gasteiger partial charge is 0.234 e. The van der Waals surface area contributed by atoms with Crippen molar-refractivity contribution >= 4 is 17.0 Å². The molecule has 22 heavy (non-hydrogen) atoms. The first-order chi connectivity index (χ1) is 10.8. The van der Waals surface area contributed by atoms with Crippen molar-refractivity contribution in [3.05, 3.63) is 76.9 Å². The molecule has 106 valence electrons. The van der Waals surface area contributed by atoms with Gasteiger partial charge in [-0.2, -0.15) is 0 Å². The Morgan fingerprint density at radius 2 is 1.55 bits per heavy atom. The molecule has 0 saturated heterocycles. The van der Waals surface area contributed by atoms with Gasteiger partial charge in [-0.25, -0.2) is 15.0 Å². The molecule has 1 N–H and O–H groups in total. The average Bonchev–Trinajstić information content (AvgIpc) is 2.97. The van der Waals surface area contributed by atoms with E-state index in [-0.39, 0.29) is 5.75 Å². The number of rotatable bonds is 2. The number of aliphatic imine (C=N–C) groups is 1. The van der Waals surface area contributed by atoms with Crippen molar-refractivity contribution in [3.8, 4) is 5.75 Å². The van der Waals surface area contributed by atoms with Gasteiger partial charge in [0.15, 0.2) is 0 Å². The standard InChI is InChI=1S/C18H13N3O/c22-17-10-9-12-5-1-2-6-13(12)14(17)11-19-18-20-15-7-3-4-8-16(15)21-18/h1-11,18,22H. The fraction of sp³-hybridized carbons (Fsp3) is 0.0556. The highest BCUT2D eigenvalue weighted by atomic mass is 16.3. The van der Waals surface area contributed by atoms with E-state index in [1.807, 2.05) is 54.6 Å². The highest BCUT2D eigenvalue weighted by Crippen LogP contribution is 2.25. The Morgan fingerprint density at radius 1 is 0.864 bits per heavy atom. The van der Waals surface area contributed by atoms with Crippen molar-refractivity contribution in [3.63, 3.8) is 0 Å². The Bertz CT molecular complexity index is 973. The summed E-state index contributed by atoms with van der Waals surface area (Å²) in [5.41, 5.74) is 0.694. The van der Waals surface area contributed by atoms with Gasteiger partial charge in [0.05, 0.1) is 10.7 Å². The number of para-hydroxylation sites is 2. The van der Waals surface area contributed by atoms with E-state index in [1.165, 1.54) is 0 Å². The van der Waals surface area contributed by atoms with Gasteiger partial charge in [0, 0.05) is 11.8 Å². The third kappa shape index (κ3) is 2.15. The minimum atomic E-state index is -0.476. The topological polar surface area (TPSA) is 57.3 Å². The minimum absolute atomic E-state index is 0.206. The molecule has 0 bridgehead atoms. The van der Waals surface area contributed by atoms with Gasteiger partial charge in [-0.15, -0.1) is 0 Å². The molecule has 1 heterocycles. The van der Waals surface area contributed by atoms with Crippen molar-refractivity contribution in [2.75, 3.05) is 0 Å². The second kappa shape index (κ2) is 5.07. The van der Waals surface area contributed by atoms with Crippen LogP contribution < -0.4 is 10.7 Å². The second-order valence-corrected chi connectivity index (χ2v) is 5.09. The molecule has 4 rings (SSSR count). The number of hydrogen-bond donors (Lipinski definition) is 1. The molecular formula is C18H13N3O. The lowest BCUT2D eigenvalue weighted by molar-refractivity contribution is 0.475. The molecular weight excluding hydrogens is 274 g/mol. The molecule has 3 aromatic carbocycles. The van der Waals surface area contributed by atoms with Gasteiger partial charge in [-0.1, -0.05) is 42.5 Å². The number of hydrogen-bond acceptors (Lipinski definition) is 4. The van der Waals surface area contributed by atoms with Crippen LogP contribution in [0.15, 0.2) is 75.6 Å². The van der Waals surface area contributed by atoms with Gasteiger partial charge in [-0.05, 0) is 29.0 Å². The van der Waals surface area contributed by atoms with Gasteiger partial charge in [0.2, 0.25) is 6.29 Å². The second-order valence-electron chi connectivity index (χ2n) is 5.09. The van der Waals surface area contributed by atoms with Crippen LogP contribution in [-0.4, -0.2) is 17.6 Å². The quantitative estimate of drug-likeness (QED) is 0.722. The van der Waals surface area contributed by atoms with E-state index in [4.69, 9.17) is 0 Å². The highest BCUT2D eigenvalue weighted by Gasteiger charge is 2.08. The number of aromatic hydroxyl groups is 1. The maximum Gasteiger partial charge on any atom is 0.234 e. The molecule has 0 saturated carbocycles. The van der Waals surface area contributed by atoms with Gasteiger partial charge in [-0.3, -0.25) is 0 Å². The maximum atomic E-state index is 10.1. The largest absolute Gasteiger partial charge is 0.507 e. The maximum absolute atomic E-state index is 10.1. The molecule has 4 nitrogen and oxygen atoms in total. The third-order valence-corrected chi connectivity index (χ3v) is 3.68. The lowest BCUT2D eigenvalue weighted by Gasteiger charge is -2.05. The normalized spacial score (nSPS) is 14.0. The van der Waals surface area contributed by atoms with E-state index in [2.05, 4.69) is 15.0 Å². The summed E-state index contributed by atoms with van der Waals surface area (Å²) in [6.07, 6.45) is 1.18. The van der Waals surface area contributed by atoms with E-state index in [1.54, 1.807) is 12.3 Å². The van der Waals surface area contributed by atoms with E-state index in [9.17, 15) is 5.11 Å². The molecule has 0 atom stereocenters. The first-order valence-corrected chi connectivity index (χ1v) is 7.06. The summed E-state index contributed by atoms with van der Waals surface area (Å²) >= 11 is 0. The molecule has 0 radical (unpaired) electrons. The Morgan fingerprint density at radius 3 is 2.32 bits per heavy atom. The molecule has 1 aliphatic rings. The van der Waals surface area contributed by atoms with Crippen molar-refractivity contribution < 1.29 is 5.11 Å². The summed E-state index contributed by atoms with van der Waals surface area (Å²) in [6, 6.07) is 19.2. The number of nitrogens with zero attached hydrogens (tertiary/aromatic N) is 3. The zero-order valence-electron chi connectivity index (χ0n) is 11.7. The molecule has 0 aliphatic carbocycles. The van der Waals surface area contributed by atoms with Gasteiger partial charge < -0.3 is 5.11 Å². The Balaban J connectivity index is 1.76. The van der Waals surface area contributed by atoms with Crippen LogP contribution in [0.5, 0.6) is 5.75 Å². The Kier molecular flexibility index (Phi) is 2.93. The number of phenols is 1.